The van der Waals surface area contributed by atoms with Gasteiger partial charge in [0.05, 0.1) is 11.5 Å². The zero-order valence-corrected chi connectivity index (χ0v) is 10.6. The summed E-state index contributed by atoms with van der Waals surface area (Å²) in [6, 6.07) is 0.560. The highest BCUT2D eigenvalue weighted by Gasteiger charge is 2.37. The molecule has 0 aromatic rings. The first-order valence-electron chi connectivity index (χ1n) is 6.23. The van der Waals surface area contributed by atoms with Crippen molar-refractivity contribution < 1.29 is 8.42 Å². The predicted octanol–water partition coefficient (Wildman–Crippen LogP) is 0.425. The van der Waals surface area contributed by atoms with Crippen molar-refractivity contribution in [1.82, 2.24) is 5.32 Å². The van der Waals surface area contributed by atoms with E-state index in [0.717, 1.165) is 0 Å². The fourth-order valence-corrected chi connectivity index (χ4v) is 4.45. The van der Waals surface area contributed by atoms with Gasteiger partial charge in [-0.3, -0.25) is 0 Å². The number of rotatable bonds is 3. The van der Waals surface area contributed by atoms with Gasteiger partial charge in [-0.25, -0.2) is 8.42 Å². The third-order valence-corrected chi connectivity index (χ3v) is 5.69. The van der Waals surface area contributed by atoms with E-state index in [1.165, 1.54) is 25.7 Å². The largest absolute Gasteiger partial charge is 0.329 e. The van der Waals surface area contributed by atoms with Crippen LogP contribution in [0.1, 0.15) is 38.5 Å². The molecule has 94 valence electrons. The Bertz CT molecular complexity index is 320. The van der Waals surface area contributed by atoms with Gasteiger partial charge in [-0.15, -0.1) is 0 Å². The Labute approximate surface area is 97.9 Å². The second kappa shape index (κ2) is 4.63. The van der Waals surface area contributed by atoms with Gasteiger partial charge in [-0.05, 0) is 25.7 Å². The van der Waals surface area contributed by atoms with Crippen molar-refractivity contribution >= 4 is 9.84 Å². The van der Waals surface area contributed by atoms with Crippen LogP contribution in [0.5, 0.6) is 0 Å². The number of hydrogen-bond acceptors (Lipinski definition) is 4. The molecule has 2 fully saturated rings. The molecular formula is C11H22N2O2S. The van der Waals surface area contributed by atoms with Crippen LogP contribution >= 0.6 is 0 Å². The van der Waals surface area contributed by atoms with Crippen LogP contribution < -0.4 is 11.1 Å². The van der Waals surface area contributed by atoms with Gasteiger partial charge in [0, 0.05) is 18.1 Å². The molecule has 16 heavy (non-hydrogen) atoms. The average Bonchev–Trinajstić information content (AvgIpc) is 2.74. The summed E-state index contributed by atoms with van der Waals surface area (Å²) in [5, 5.41) is 3.63. The smallest absolute Gasteiger partial charge is 0.150 e. The van der Waals surface area contributed by atoms with Crippen LogP contribution in [-0.2, 0) is 9.84 Å². The van der Waals surface area contributed by atoms with Crippen LogP contribution in [-0.4, -0.2) is 38.0 Å². The first kappa shape index (κ1) is 12.3. The van der Waals surface area contributed by atoms with Gasteiger partial charge in [0.15, 0.2) is 0 Å². The summed E-state index contributed by atoms with van der Waals surface area (Å²) >= 11 is 0. The van der Waals surface area contributed by atoms with E-state index in [1.807, 2.05) is 0 Å². The molecule has 0 radical (unpaired) electrons. The third-order valence-electron chi connectivity index (χ3n) is 4.04. The van der Waals surface area contributed by atoms with E-state index in [0.29, 0.717) is 36.9 Å². The number of sulfone groups is 1. The number of nitrogens with one attached hydrogen (secondary N) is 1. The van der Waals surface area contributed by atoms with Crippen molar-refractivity contribution in [3.63, 3.8) is 0 Å². The zero-order chi connectivity index (χ0) is 11.6. The van der Waals surface area contributed by atoms with E-state index in [4.69, 9.17) is 5.73 Å². The molecule has 2 aliphatic rings. The molecule has 4 nitrogen and oxygen atoms in total. The van der Waals surface area contributed by atoms with Crippen LogP contribution in [0.2, 0.25) is 0 Å². The first-order chi connectivity index (χ1) is 7.55. The van der Waals surface area contributed by atoms with Crippen molar-refractivity contribution in [2.75, 3.05) is 18.1 Å². The normalized spacial score (nSPS) is 29.3. The van der Waals surface area contributed by atoms with Gasteiger partial charge in [0.1, 0.15) is 9.84 Å². The summed E-state index contributed by atoms with van der Waals surface area (Å²) in [4.78, 5) is 0. The van der Waals surface area contributed by atoms with E-state index < -0.39 is 9.84 Å². The highest BCUT2D eigenvalue weighted by molar-refractivity contribution is 7.91. The molecule has 1 heterocycles. The molecule has 5 heteroatoms. The maximum atomic E-state index is 11.4. The summed E-state index contributed by atoms with van der Waals surface area (Å²) in [6.07, 6.45) is 6.38. The van der Waals surface area contributed by atoms with Gasteiger partial charge < -0.3 is 11.1 Å². The highest BCUT2D eigenvalue weighted by atomic mass is 32.2. The van der Waals surface area contributed by atoms with Crippen molar-refractivity contribution in [2.24, 2.45) is 5.73 Å². The van der Waals surface area contributed by atoms with Gasteiger partial charge in [0.2, 0.25) is 0 Å². The van der Waals surface area contributed by atoms with Gasteiger partial charge in [-0.2, -0.15) is 0 Å². The summed E-state index contributed by atoms with van der Waals surface area (Å²) < 4.78 is 22.8. The fraction of sp³-hybridized carbons (Fsp3) is 1.00. The molecule has 0 atom stereocenters. The number of nitrogens with two attached hydrogens (primary N) is 1. The van der Waals surface area contributed by atoms with E-state index in [1.54, 1.807) is 0 Å². The molecule has 3 N–H and O–H groups in total. The first-order valence-corrected chi connectivity index (χ1v) is 8.06. The highest BCUT2D eigenvalue weighted by Crippen LogP contribution is 2.27. The topological polar surface area (TPSA) is 72.2 Å². The van der Waals surface area contributed by atoms with Gasteiger partial charge >= 0.3 is 0 Å². The molecule has 0 spiro atoms. The summed E-state index contributed by atoms with van der Waals surface area (Å²) in [5.41, 5.74) is 5.74. The monoisotopic (exact) mass is 246 g/mol. The fourth-order valence-electron chi connectivity index (χ4n) is 2.84. The molecule has 0 bridgehead atoms. The maximum absolute atomic E-state index is 11.4. The molecule has 0 amide bonds. The lowest BCUT2D eigenvalue weighted by Gasteiger charge is -2.39. The van der Waals surface area contributed by atoms with Crippen molar-refractivity contribution in [3.05, 3.63) is 0 Å². The summed E-state index contributed by atoms with van der Waals surface area (Å²) in [6.45, 7) is 0.555. The van der Waals surface area contributed by atoms with E-state index in [-0.39, 0.29) is 5.54 Å². The Balaban J connectivity index is 1.97. The molecule has 0 aromatic carbocycles. The molecule has 2 rings (SSSR count). The minimum atomic E-state index is -2.79. The van der Waals surface area contributed by atoms with E-state index in [9.17, 15) is 8.42 Å². The van der Waals surface area contributed by atoms with Crippen LogP contribution in [0.15, 0.2) is 0 Å². The standard InChI is InChI=1S/C11H22N2O2S/c12-9-11(13-10-3-1-2-4-10)5-7-16(14,15)8-6-11/h10,13H,1-9,12H2. The third kappa shape index (κ3) is 2.76. The zero-order valence-electron chi connectivity index (χ0n) is 9.74. The molecule has 1 saturated carbocycles. The second-order valence-corrected chi connectivity index (χ2v) is 7.57. The van der Waals surface area contributed by atoms with Crippen molar-refractivity contribution in [2.45, 2.75) is 50.1 Å². The Kier molecular flexibility index (Phi) is 3.56. The van der Waals surface area contributed by atoms with Gasteiger partial charge in [-0.1, -0.05) is 12.8 Å². The molecule has 1 aliphatic carbocycles. The predicted molar refractivity (Wildman–Crippen MR) is 65.1 cm³/mol. The summed E-state index contributed by atoms with van der Waals surface area (Å²) in [7, 11) is -2.79. The Morgan fingerprint density at radius 3 is 2.25 bits per heavy atom. The quantitative estimate of drug-likeness (QED) is 0.757. The molecule has 1 saturated heterocycles. The molecule has 1 aliphatic heterocycles. The minimum Gasteiger partial charge on any atom is -0.329 e. The maximum Gasteiger partial charge on any atom is 0.150 e. The van der Waals surface area contributed by atoms with Crippen LogP contribution in [0.25, 0.3) is 0 Å². The van der Waals surface area contributed by atoms with Crippen molar-refractivity contribution in [1.29, 1.82) is 0 Å². The Morgan fingerprint density at radius 1 is 1.19 bits per heavy atom. The van der Waals surface area contributed by atoms with Crippen LogP contribution in [0, 0.1) is 0 Å². The lowest BCUT2D eigenvalue weighted by atomic mass is 9.91. The second-order valence-electron chi connectivity index (χ2n) is 5.26. The van der Waals surface area contributed by atoms with Crippen LogP contribution in [0.4, 0.5) is 0 Å². The lowest BCUT2D eigenvalue weighted by molar-refractivity contribution is 0.266. The van der Waals surface area contributed by atoms with E-state index in [2.05, 4.69) is 5.32 Å². The summed E-state index contributed by atoms with van der Waals surface area (Å²) in [5.74, 6) is 0.591. The molecular weight excluding hydrogens is 224 g/mol. The van der Waals surface area contributed by atoms with Crippen LogP contribution in [0.3, 0.4) is 0 Å². The number of hydrogen-bond donors (Lipinski definition) is 2. The average molecular weight is 246 g/mol. The Morgan fingerprint density at radius 2 is 1.75 bits per heavy atom. The van der Waals surface area contributed by atoms with Crippen molar-refractivity contribution in [3.8, 4) is 0 Å². The lowest BCUT2D eigenvalue weighted by Crippen LogP contribution is -2.58. The molecule has 0 unspecified atom stereocenters. The van der Waals surface area contributed by atoms with E-state index >= 15 is 0 Å². The van der Waals surface area contributed by atoms with Gasteiger partial charge in [0.25, 0.3) is 0 Å². The molecule has 0 aromatic heterocycles. The minimum absolute atomic E-state index is 0.111. The Hall–Kier alpha value is -0.130. The SMILES string of the molecule is NCC1(NC2CCCC2)CCS(=O)(=O)CC1.